The molecule has 2 heterocycles. The van der Waals surface area contributed by atoms with Gasteiger partial charge in [-0.3, -0.25) is 0 Å². The van der Waals surface area contributed by atoms with Crippen LogP contribution in [0.1, 0.15) is 18.3 Å². The number of aromatic nitrogens is 2. The van der Waals surface area contributed by atoms with Gasteiger partial charge in [0.05, 0.1) is 12.0 Å². The summed E-state index contributed by atoms with van der Waals surface area (Å²) in [6.45, 7) is 4.34. The first-order chi connectivity index (χ1) is 11.2. The fourth-order valence-corrected chi connectivity index (χ4v) is 3.12. The summed E-state index contributed by atoms with van der Waals surface area (Å²) in [6, 6.07) is 7.90. The zero-order valence-electron chi connectivity index (χ0n) is 13.2. The predicted octanol–water partition coefficient (Wildman–Crippen LogP) is 3.68. The second-order valence-electron chi connectivity index (χ2n) is 5.16. The number of nitrogens with one attached hydrogen (secondary N) is 1. The van der Waals surface area contributed by atoms with E-state index in [1.807, 2.05) is 36.6 Å². The first-order valence-corrected chi connectivity index (χ1v) is 8.44. The van der Waals surface area contributed by atoms with E-state index in [2.05, 4.69) is 22.2 Å². The predicted molar refractivity (Wildman–Crippen MR) is 93.8 cm³/mol. The van der Waals surface area contributed by atoms with Crippen LogP contribution in [0, 0.1) is 6.92 Å². The number of hydrogen-bond donors (Lipinski definition) is 2. The van der Waals surface area contributed by atoms with Crippen molar-refractivity contribution in [3.05, 3.63) is 41.0 Å². The van der Waals surface area contributed by atoms with Gasteiger partial charge in [0.25, 0.3) is 0 Å². The van der Waals surface area contributed by atoms with E-state index in [1.54, 1.807) is 11.3 Å². The third-order valence-corrected chi connectivity index (χ3v) is 4.28. The number of rotatable bonds is 6. The fourth-order valence-electron chi connectivity index (χ4n) is 2.33. The highest BCUT2D eigenvalue weighted by molar-refractivity contribution is 7.16. The molecular formula is C17H19N3O2S. The Balaban J connectivity index is 1.90. The Morgan fingerprint density at radius 2 is 2.13 bits per heavy atom. The number of thiophene rings is 1. The Hall–Kier alpha value is -2.18. The Morgan fingerprint density at radius 3 is 2.87 bits per heavy atom. The number of benzene rings is 1. The largest absolute Gasteiger partial charge is 0.491 e. The molecule has 120 valence electrons. The van der Waals surface area contributed by atoms with Crippen molar-refractivity contribution in [3.63, 3.8) is 0 Å². The molecule has 23 heavy (non-hydrogen) atoms. The quantitative estimate of drug-likeness (QED) is 0.722. The van der Waals surface area contributed by atoms with E-state index in [0.717, 1.165) is 45.3 Å². The van der Waals surface area contributed by atoms with Crippen LogP contribution in [0.5, 0.6) is 5.75 Å². The third-order valence-electron chi connectivity index (χ3n) is 3.47. The summed E-state index contributed by atoms with van der Waals surface area (Å²) in [5.74, 6) is 2.45. The summed E-state index contributed by atoms with van der Waals surface area (Å²) in [7, 11) is 0. The number of aliphatic hydroxyl groups is 1. The Labute approximate surface area is 139 Å². The lowest BCUT2D eigenvalue weighted by Gasteiger charge is -2.12. The number of ether oxygens (including phenoxy) is 1. The Bertz CT molecular complexity index is 817. The molecule has 0 saturated heterocycles. The SMILES string of the molecule is CCc1nc(Nc2ccc(OCCO)c(C)c2)c2ccsc2n1. The molecule has 0 atom stereocenters. The van der Waals surface area contributed by atoms with E-state index >= 15 is 0 Å². The van der Waals surface area contributed by atoms with Crippen LogP contribution in [0.3, 0.4) is 0 Å². The molecule has 3 rings (SSSR count). The van der Waals surface area contributed by atoms with Gasteiger partial charge in [0, 0.05) is 12.1 Å². The molecular weight excluding hydrogens is 310 g/mol. The van der Waals surface area contributed by atoms with Crippen molar-refractivity contribution in [1.82, 2.24) is 9.97 Å². The van der Waals surface area contributed by atoms with Gasteiger partial charge in [-0.15, -0.1) is 11.3 Å². The lowest BCUT2D eigenvalue weighted by atomic mass is 10.2. The third kappa shape index (κ3) is 3.43. The van der Waals surface area contributed by atoms with Crippen LogP contribution in [0.2, 0.25) is 0 Å². The van der Waals surface area contributed by atoms with Crippen LogP contribution >= 0.6 is 11.3 Å². The van der Waals surface area contributed by atoms with Gasteiger partial charge in [-0.1, -0.05) is 6.92 Å². The summed E-state index contributed by atoms with van der Waals surface area (Å²) < 4.78 is 5.48. The molecule has 0 aliphatic carbocycles. The minimum atomic E-state index is 0.0102. The van der Waals surface area contributed by atoms with Gasteiger partial charge in [0.15, 0.2) is 0 Å². The lowest BCUT2D eigenvalue weighted by molar-refractivity contribution is 0.200. The van der Waals surface area contributed by atoms with Crippen LogP contribution in [0.15, 0.2) is 29.6 Å². The molecule has 0 aliphatic heterocycles. The molecule has 0 unspecified atom stereocenters. The summed E-state index contributed by atoms with van der Waals surface area (Å²) in [6.07, 6.45) is 0.801. The van der Waals surface area contributed by atoms with Crippen molar-refractivity contribution >= 4 is 33.1 Å². The number of anilines is 2. The van der Waals surface area contributed by atoms with Crippen LogP contribution in [-0.2, 0) is 6.42 Å². The number of aliphatic hydroxyl groups excluding tert-OH is 1. The minimum absolute atomic E-state index is 0.0102. The van der Waals surface area contributed by atoms with E-state index in [9.17, 15) is 0 Å². The van der Waals surface area contributed by atoms with E-state index in [0.29, 0.717) is 6.61 Å². The van der Waals surface area contributed by atoms with E-state index in [-0.39, 0.29) is 6.61 Å². The molecule has 0 amide bonds. The molecule has 2 N–H and O–H groups in total. The molecule has 0 saturated carbocycles. The zero-order valence-corrected chi connectivity index (χ0v) is 14.0. The summed E-state index contributed by atoms with van der Waals surface area (Å²) in [5, 5.41) is 15.3. The van der Waals surface area contributed by atoms with Gasteiger partial charge in [-0.2, -0.15) is 0 Å². The second-order valence-corrected chi connectivity index (χ2v) is 6.05. The molecule has 6 heteroatoms. The van der Waals surface area contributed by atoms with Crippen molar-refractivity contribution in [3.8, 4) is 5.75 Å². The molecule has 3 aromatic rings. The first-order valence-electron chi connectivity index (χ1n) is 7.56. The van der Waals surface area contributed by atoms with E-state index in [4.69, 9.17) is 9.84 Å². The molecule has 0 aliphatic rings. The normalized spacial score (nSPS) is 10.9. The minimum Gasteiger partial charge on any atom is -0.491 e. The Kier molecular flexibility index (Phi) is 4.73. The van der Waals surface area contributed by atoms with Crippen molar-refractivity contribution in [2.24, 2.45) is 0 Å². The van der Waals surface area contributed by atoms with E-state index in [1.165, 1.54) is 0 Å². The summed E-state index contributed by atoms with van der Waals surface area (Å²) in [5.41, 5.74) is 1.96. The van der Waals surface area contributed by atoms with Crippen molar-refractivity contribution < 1.29 is 9.84 Å². The number of aryl methyl sites for hydroxylation is 2. The van der Waals surface area contributed by atoms with Gasteiger partial charge in [0.1, 0.15) is 28.8 Å². The molecule has 0 bridgehead atoms. The summed E-state index contributed by atoms with van der Waals surface area (Å²) in [4.78, 5) is 10.2. The monoisotopic (exact) mass is 329 g/mol. The van der Waals surface area contributed by atoms with Crippen LogP contribution in [0.25, 0.3) is 10.2 Å². The molecule has 0 radical (unpaired) electrons. The number of hydrogen-bond acceptors (Lipinski definition) is 6. The van der Waals surface area contributed by atoms with E-state index < -0.39 is 0 Å². The maximum absolute atomic E-state index is 8.85. The smallest absolute Gasteiger partial charge is 0.142 e. The van der Waals surface area contributed by atoms with Gasteiger partial charge in [0.2, 0.25) is 0 Å². The van der Waals surface area contributed by atoms with Crippen molar-refractivity contribution in [2.45, 2.75) is 20.3 Å². The van der Waals surface area contributed by atoms with Gasteiger partial charge >= 0.3 is 0 Å². The van der Waals surface area contributed by atoms with Crippen LogP contribution in [-0.4, -0.2) is 28.3 Å². The maximum Gasteiger partial charge on any atom is 0.142 e. The average molecular weight is 329 g/mol. The Morgan fingerprint density at radius 1 is 1.26 bits per heavy atom. The number of nitrogens with zero attached hydrogens (tertiary/aromatic N) is 2. The molecule has 2 aromatic heterocycles. The van der Waals surface area contributed by atoms with Crippen molar-refractivity contribution in [2.75, 3.05) is 18.5 Å². The maximum atomic E-state index is 8.85. The van der Waals surface area contributed by atoms with Crippen LogP contribution < -0.4 is 10.1 Å². The summed E-state index contributed by atoms with van der Waals surface area (Å²) >= 11 is 1.62. The standard InChI is InChI=1S/C17H19N3O2S/c1-3-15-19-16(13-6-9-23-17(13)20-15)18-12-4-5-14(11(2)10-12)22-8-7-21/h4-6,9-10,21H,3,7-8H2,1-2H3,(H,18,19,20). The first kappa shape index (κ1) is 15.7. The topological polar surface area (TPSA) is 67.3 Å². The number of fused-ring (bicyclic) bond motifs is 1. The molecule has 0 fully saturated rings. The second kappa shape index (κ2) is 6.93. The van der Waals surface area contributed by atoms with Gasteiger partial charge in [-0.05, 0) is 42.1 Å². The highest BCUT2D eigenvalue weighted by Crippen LogP contribution is 2.29. The highest BCUT2D eigenvalue weighted by Gasteiger charge is 2.09. The van der Waals surface area contributed by atoms with Crippen molar-refractivity contribution in [1.29, 1.82) is 0 Å². The van der Waals surface area contributed by atoms with Gasteiger partial charge in [-0.25, -0.2) is 9.97 Å². The highest BCUT2D eigenvalue weighted by atomic mass is 32.1. The molecule has 5 nitrogen and oxygen atoms in total. The van der Waals surface area contributed by atoms with Crippen LogP contribution in [0.4, 0.5) is 11.5 Å². The average Bonchev–Trinajstić information content (AvgIpc) is 3.02. The van der Waals surface area contributed by atoms with Gasteiger partial charge < -0.3 is 15.2 Å². The molecule has 0 spiro atoms. The molecule has 1 aromatic carbocycles. The lowest BCUT2D eigenvalue weighted by Crippen LogP contribution is -2.03. The zero-order chi connectivity index (χ0) is 16.2. The fraction of sp³-hybridized carbons (Fsp3) is 0.294.